The number of rotatable bonds is 25. The zero-order chi connectivity index (χ0) is 42.7. The molecule has 1 aromatic rings. The Bertz CT molecular complexity index is 1560. The molecule has 0 unspecified atom stereocenters. The SMILES string of the molecule is CC(C)[C@H](NC(=O)[C@@H](N)CCCCN)C(=O)NCC(=O)N[C@@H](CC(=O)O)C(=O)N[C@H](C(=O)N[C@@H](Cc1ccc(O)cc1)C(=O)N[C@@H](CC(N)=O)C(=O)O)[C@@H](C)O. The lowest BCUT2D eigenvalue weighted by Gasteiger charge is -2.27. The quantitative estimate of drug-likeness (QED) is 0.0414. The number of unbranched alkanes of at least 4 members (excludes halogenated alkanes) is 1. The largest absolute Gasteiger partial charge is 0.508 e. The van der Waals surface area contributed by atoms with E-state index in [1.807, 2.05) is 0 Å². The van der Waals surface area contributed by atoms with E-state index in [4.69, 9.17) is 17.2 Å². The Morgan fingerprint density at radius 3 is 1.79 bits per heavy atom. The number of aliphatic hydroxyl groups is 1. The van der Waals surface area contributed by atoms with Gasteiger partial charge in [0.25, 0.3) is 0 Å². The third kappa shape index (κ3) is 17.5. The van der Waals surface area contributed by atoms with Crippen molar-refractivity contribution >= 4 is 53.3 Å². The Morgan fingerprint density at radius 1 is 0.696 bits per heavy atom. The zero-order valence-electron chi connectivity index (χ0n) is 31.3. The number of carboxylic acid groups (broad SMARTS) is 2. The van der Waals surface area contributed by atoms with Crippen molar-refractivity contribution in [2.24, 2.45) is 23.1 Å². The van der Waals surface area contributed by atoms with Crippen molar-refractivity contribution in [3.05, 3.63) is 29.8 Å². The molecule has 0 saturated carbocycles. The van der Waals surface area contributed by atoms with Crippen LogP contribution >= 0.6 is 0 Å². The minimum absolute atomic E-state index is 0.132. The fourth-order valence-corrected chi connectivity index (χ4v) is 5.01. The first-order valence-electron chi connectivity index (χ1n) is 17.6. The topological polar surface area (TPSA) is 385 Å². The number of phenols is 1. The number of hydrogen-bond acceptors (Lipinski definition) is 13. The van der Waals surface area contributed by atoms with E-state index in [9.17, 15) is 63.6 Å². The number of phenolic OH excluding ortho intramolecular Hbond substituents is 1. The molecule has 0 saturated heterocycles. The Balaban J connectivity index is 3.13. The fraction of sp³-hybridized carbons (Fsp3) is 0.559. The molecule has 0 fully saturated rings. The van der Waals surface area contributed by atoms with Gasteiger partial charge in [0.2, 0.25) is 41.4 Å². The van der Waals surface area contributed by atoms with Crippen LogP contribution in [0.3, 0.4) is 0 Å². The van der Waals surface area contributed by atoms with Gasteiger partial charge < -0.3 is 69.5 Å². The molecule has 0 aliphatic heterocycles. The highest BCUT2D eigenvalue weighted by Gasteiger charge is 2.35. The van der Waals surface area contributed by atoms with Crippen molar-refractivity contribution in [2.75, 3.05) is 13.1 Å². The molecule has 0 heterocycles. The van der Waals surface area contributed by atoms with Crippen molar-refractivity contribution in [3.8, 4) is 5.75 Å². The van der Waals surface area contributed by atoms with Gasteiger partial charge in [-0.3, -0.25) is 38.4 Å². The maximum Gasteiger partial charge on any atom is 0.326 e. The molecular weight excluding hydrogens is 742 g/mol. The molecule has 0 spiro atoms. The number of carbonyl (C=O) groups excluding carboxylic acids is 7. The normalized spacial score (nSPS) is 14.7. The molecular formula is C34H53N9O13. The second-order valence-electron chi connectivity index (χ2n) is 13.3. The molecule has 0 aliphatic rings. The highest BCUT2D eigenvalue weighted by atomic mass is 16.4. The highest BCUT2D eigenvalue weighted by molar-refractivity contribution is 5.97. The van der Waals surface area contributed by atoms with E-state index < -0.39 is 121 Å². The van der Waals surface area contributed by atoms with Crippen LogP contribution in [0.1, 0.15) is 58.4 Å². The summed E-state index contributed by atoms with van der Waals surface area (Å²) in [7, 11) is 0. The number of aliphatic hydroxyl groups excluding tert-OH is 1. The Hall–Kier alpha value is -5.87. The van der Waals surface area contributed by atoms with Gasteiger partial charge in [0.05, 0.1) is 31.5 Å². The number of carboxylic acids is 2. The number of aliphatic carboxylic acids is 2. The van der Waals surface area contributed by atoms with Crippen LogP contribution in [-0.4, -0.2) is 129 Å². The zero-order valence-corrected chi connectivity index (χ0v) is 31.3. The summed E-state index contributed by atoms with van der Waals surface area (Å²) in [6, 6.07) is -3.87. The molecule has 16 N–H and O–H groups in total. The Kier molecular flexibility index (Phi) is 20.5. The van der Waals surface area contributed by atoms with E-state index in [1.165, 1.54) is 24.3 Å². The monoisotopic (exact) mass is 795 g/mol. The maximum atomic E-state index is 13.4. The second-order valence-corrected chi connectivity index (χ2v) is 13.3. The first-order chi connectivity index (χ1) is 26.2. The molecule has 0 aromatic heterocycles. The van der Waals surface area contributed by atoms with Crippen molar-refractivity contribution in [1.29, 1.82) is 0 Å². The molecule has 0 radical (unpaired) electrons. The van der Waals surface area contributed by atoms with Gasteiger partial charge in [-0.2, -0.15) is 0 Å². The summed E-state index contributed by atoms with van der Waals surface area (Å²) < 4.78 is 0. The summed E-state index contributed by atoms with van der Waals surface area (Å²) in [5, 5.41) is 52.4. The molecule has 22 nitrogen and oxygen atoms in total. The highest BCUT2D eigenvalue weighted by Crippen LogP contribution is 2.12. The van der Waals surface area contributed by atoms with Crippen LogP contribution in [0.5, 0.6) is 5.75 Å². The fourth-order valence-electron chi connectivity index (χ4n) is 5.01. The summed E-state index contributed by atoms with van der Waals surface area (Å²) >= 11 is 0. The van der Waals surface area contributed by atoms with Crippen LogP contribution in [0.4, 0.5) is 0 Å². The van der Waals surface area contributed by atoms with E-state index in [1.54, 1.807) is 13.8 Å². The van der Waals surface area contributed by atoms with Gasteiger partial charge in [-0.05, 0) is 49.9 Å². The lowest BCUT2D eigenvalue weighted by atomic mass is 10.0. The van der Waals surface area contributed by atoms with Gasteiger partial charge >= 0.3 is 11.9 Å². The van der Waals surface area contributed by atoms with Crippen molar-refractivity contribution < 1.29 is 63.6 Å². The molecule has 312 valence electrons. The third-order valence-electron chi connectivity index (χ3n) is 8.10. The minimum atomic E-state index is -1.89. The molecule has 1 aromatic carbocycles. The van der Waals surface area contributed by atoms with Gasteiger partial charge in [0, 0.05) is 6.42 Å². The molecule has 22 heteroatoms. The number of benzene rings is 1. The molecule has 0 aliphatic carbocycles. The molecule has 7 atom stereocenters. The van der Waals surface area contributed by atoms with Crippen LogP contribution < -0.4 is 49.1 Å². The predicted octanol–water partition coefficient (Wildman–Crippen LogP) is -4.60. The first kappa shape index (κ1) is 48.1. The van der Waals surface area contributed by atoms with Gasteiger partial charge in [-0.1, -0.05) is 32.4 Å². The average Bonchev–Trinajstić information content (AvgIpc) is 3.10. The minimum Gasteiger partial charge on any atom is -0.508 e. The number of nitrogens with one attached hydrogen (secondary N) is 6. The molecule has 0 bridgehead atoms. The maximum absolute atomic E-state index is 13.4. The van der Waals surface area contributed by atoms with E-state index in [-0.39, 0.29) is 12.2 Å². The average molecular weight is 796 g/mol. The summed E-state index contributed by atoms with van der Waals surface area (Å²) in [6.45, 7) is 3.98. The predicted molar refractivity (Wildman–Crippen MR) is 196 cm³/mol. The summed E-state index contributed by atoms with van der Waals surface area (Å²) in [4.78, 5) is 113. The van der Waals surface area contributed by atoms with Crippen molar-refractivity contribution in [1.82, 2.24) is 31.9 Å². The Labute approximate surface area is 322 Å². The summed E-state index contributed by atoms with van der Waals surface area (Å²) in [5.41, 5.74) is 16.8. The lowest BCUT2D eigenvalue weighted by Crippen LogP contribution is -2.61. The Morgan fingerprint density at radius 2 is 1.27 bits per heavy atom. The molecule has 56 heavy (non-hydrogen) atoms. The van der Waals surface area contributed by atoms with Crippen LogP contribution in [-0.2, 0) is 49.6 Å². The van der Waals surface area contributed by atoms with E-state index in [2.05, 4.69) is 31.9 Å². The standard InChI is InChI=1S/C34H53N9O13/c1-16(2)27(42-29(50)20(36)6-4-5-11-35)32(53)38-15-25(47)39-22(14-26(48)49)31(52)43-28(17(3)44)33(54)40-21(12-18-7-9-19(45)10-8-18)30(51)41-23(34(55)56)13-24(37)46/h7-10,16-17,20-23,27-28,44-45H,4-6,11-15,35-36H2,1-3H3,(H2,37,46)(H,38,53)(H,39,47)(H,40,54)(H,41,51)(H,42,50)(H,43,52)(H,48,49)(H,55,56)/t17-,20+,21+,22+,23+,27+,28+/m1/s1. The van der Waals surface area contributed by atoms with Crippen molar-refractivity contribution in [3.63, 3.8) is 0 Å². The number of nitrogens with two attached hydrogens (primary N) is 3. The number of hydrogen-bond donors (Lipinski definition) is 13. The number of primary amides is 1. The number of amides is 7. The van der Waals surface area contributed by atoms with E-state index in [0.29, 0.717) is 31.4 Å². The van der Waals surface area contributed by atoms with Gasteiger partial charge in [0.1, 0.15) is 36.0 Å². The van der Waals surface area contributed by atoms with Crippen LogP contribution in [0.15, 0.2) is 24.3 Å². The smallest absolute Gasteiger partial charge is 0.326 e. The lowest BCUT2D eigenvalue weighted by molar-refractivity contribution is -0.144. The second kappa shape index (κ2) is 23.8. The molecule has 7 amide bonds. The summed E-state index contributed by atoms with van der Waals surface area (Å²) in [6.07, 6.45) is -2.28. The van der Waals surface area contributed by atoms with E-state index in [0.717, 1.165) is 6.92 Å². The van der Waals surface area contributed by atoms with Crippen molar-refractivity contribution in [2.45, 2.75) is 102 Å². The van der Waals surface area contributed by atoms with Crippen LogP contribution in [0, 0.1) is 5.92 Å². The van der Waals surface area contributed by atoms with Gasteiger partial charge in [0.15, 0.2) is 0 Å². The van der Waals surface area contributed by atoms with Gasteiger partial charge in [-0.25, -0.2) is 4.79 Å². The first-order valence-corrected chi connectivity index (χ1v) is 17.6. The van der Waals surface area contributed by atoms with Crippen LogP contribution in [0.2, 0.25) is 0 Å². The number of aromatic hydroxyl groups is 1. The van der Waals surface area contributed by atoms with Crippen LogP contribution in [0.25, 0.3) is 0 Å². The number of carbonyl (C=O) groups is 9. The third-order valence-corrected chi connectivity index (χ3v) is 8.10. The molecule has 1 rings (SSSR count). The van der Waals surface area contributed by atoms with E-state index >= 15 is 0 Å². The van der Waals surface area contributed by atoms with Gasteiger partial charge in [-0.15, -0.1) is 0 Å². The summed E-state index contributed by atoms with van der Waals surface area (Å²) in [5.74, 6) is -10.8.